The lowest BCUT2D eigenvalue weighted by Gasteiger charge is -2.26. The number of nitrogens with one attached hydrogen (secondary N) is 2. The van der Waals surface area contributed by atoms with E-state index in [2.05, 4.69) is 32.7 Å². The van der Waals surface area contributed by atoms with Gasteiger partial charge in [0.2, 0.25) is 0 Å². The Hall–Kier alpha value is -3.97. The summed E-state index contributed by atoms with van der Waals surface area (Å²) >= 11 is 0. The molecule has 2 aliphatic heterocycles. The number of pyridine rings is 1. The number of piperidine rings is 1. The van der Waals surface area contributed by atoms with Crippen LogP contribution in [0.1, 0.15) is 46.4 Å². The Morgan fingerprint density at radius 1 is 1.03 bits per heavy atom. The van der Waals surface area contributed by atoms with Crippen molar-refractivity contribution in [3.05, 3.63) is 89.2 Å². The molecule has 2 aromatic carbocycles. The molecule has 1 fully saturated rings. The minimum absolute atomic E-state index is 0.122. The van der Waals surface area contributed by atoms with Crippen molar-refractivity contribution >= 4 is 34.5 Å². The number of nitrogens with zero attached hydrogens (tertiary/aromatic N) is 2. The summed E-state index contributed by atoms with van der Waals surface area (Å²) in [7, 11) is 0. The first-order chi connectivity index (χ1) is 16.6. The number of amides is 1. The number of hydrogen-bond acceptors (Lipinski definition) is 5. The van der Waals surface area contributed by atoms with E-state index in [9.17, 15) is 14.7 Å². The number of fused-ring (bicyclic) bond motifs is 1. The fourth-order valence-corrected chi connectivity index (χ4v) is 4.58. The lowest BCUT2D eigenvalue weighted by atomic mass is 10.00. The number of rotatable bonds is 6. The van der Waals surface area contributed by atoms with Gasteiger partial charge in [-0.25, -0.2) is 4.79 Å². The topological polar surface area (TPSA) is 94.6 Å². The molecule has 7 heteroatoms. The monoisotopic (exact) mass is 454 g/mol. The Morgan fingerprint density at radius 3 is 2.65 bits per heavy atom. The number of aromatic nitrogens is 1. The molecular weight excluding hydrogens is 428 g/mol. The fraction of sp³-hybridized carbons (Fsp3) is 0.222. The highest BCUT2D eigenvalue weighted by atomic mass is 16.4. The highest BCUT2D eigenvalue weighted by molar-refractivity contribution is 6.37. The number of benzene rings is 2. The first-order valence-electron chi connectivity index (χ1n) is 11.5. The van der Waals surface area contributed by atoms with Gasteiger partial charge >= 0.3 is 5.97 Å². The first-order valence-corrected chi connectivity index (χ1v) is 11.5. The van der Waals surface area contributed by atoms with E-state index in [0.29, 0.717) is 28.2 Å². The van der Waals surface area contributed by atoms with Gasteiger partial charge in [0.05, 0.1) is 22.5 Å². The zero-order valence-corrected chi connectivity index (χ0v) is 18.8. The summed E-state index contributed by atoms with van der Waals surface area (Å²) in [6.07, 6.45) is 5.44. The van der Waals surface area contributed by atoms with Crippen LogP contribution in [0.25, 0.3) is 11.3 Å². The molecule has 0 unspecified atom stereocenters. The van der Waals surface area contributed by atoms with Crippen LogP contribution >= 0.6 is 0 Å². The highest BCUT2D eigenvalue weighted by Crippen LogP contribution is 2.37. The number of carboxylic acids is 1. The SMILES string of the molecule is O=C1Nc2ccc(C(=O)O)cc2C1=C(Nc1cccc(CN2CCCCC2)c1)c1ccccn1. The minimum Gasteiger partial charge on any atom is -0.478 e. The second kappa shape index (κ2) is 9.49. The first kappa shape index (κ1) is 21.9. The Labute approximate surface area is 198 Å². The molecule has 0 atom stereocenters. The van der Waals surface area contributed by atoms with Crippen LogP contribution in [0.15, 0.2) is 66.9 Å². The van der Waals surface area contributed by atoms with Gasteiger partial charge in [0.15, 0.2) is 0 Å². The molecule has 0 radical (unpaired) electrons. The molecule has 0 saturated carbocycles. The lowest BCUT2D eigenvalue weighted by Crippen LogP contribution is -2.29. The number of carbonyl (C=O) groups excluding carboxylic acids is 1. The molecule has 3 heterocycles. The van der Waals surface area contributed by atoms with Gasteiger partial charge in [-0.05, 0) is 74.0 Å². The number of hydrogen-bond donors (Lipinski definition) is 3. The molecule has 7 nitrogen and oxygen atoms in total. The van der Waals surface area contributed by atoms with Gasteiger partial charge in [-0.2, -0.15) is 0 Å². The van der Waals surface area contributed by atoms with Gasteiger partial charge in [-0.15, -0.1) is 0 Å². The average Bonchev–Trinajstić information content (AvgIpc) is 3.18. The molecule has 3 aromatic rings. The number of aromatic carboxylic acids is 1. The van der Waals surface area contributed by atoms with Gasteiger partial charge < -0.3 is 15.7 Å². The van der Waals surface area contributed by atoms with Gasteiger partial charge in [-0.3, -0.25) is 14.7 Å². The molecule has 5 rings (SSSR count). The molecular formula is C27H26N4O3. The van der Waals surface area contributed by atoms with Crippen LogP contribution in [-0.2, 0) is 11.3 Å². The van der Waals surface area contributed by atoms with Crippen LogP contribution in [0.5, 0.6) is 0 Å². The summed E-state index contributed by atoms with van der Waals surface area (Å²) in [4.78, 5) is 31.6. The summed E-state index contributed by atoms with van der Waals surface area (Å²) in [6.45, 7) is 3.11. The molecule has 34 heavy (non-hydrogen) atoms. The van der Waals surface area contributed by atoms with Crippen molar-refractivity contribution in [1.82, 2.24) is 9.88 Å². The van der Waals surface area contributed by atoms with E-state index in [1.165, 1.54) is 37.0 Å². The van der Waals surface area contributed by atoms with Crippen molar-refractivity contribution in [2.75, 3.05) is 23.7 Å². The molecule has 1 amide bonds. The summed E-state index contributed by atoms with van der Waals surface area (Å²) < 4.78 is 0. The second-order valence-corrected chi connectivity index (χ2v) is 8.65. The number of likely N-dealkylation sites (tertiary alicyclic amines) is 1. The van der Waals surface area contributed by atoms with E-state index in [1.54, 1.807) is 12.3 Å². The van der Waals surface area contributed by atoms with Crippen LogP contribution in [0.3, 0.4) is 0 Å². The Bertz CT molecular complexity index is 1260. The van der Waals surface area contributed by atoms with Gasteiger partial charge in [-0.1, -0.05) is 24.6 Å². The van der Waals surface area contributed by atoms with Crippen LogP contribution in [-0.4, -0.2) is 40.0 Å². The third kappa shape index (κ3) is 4.56. The van der Waals surface area contributed by atoms with Crippen molar-refractivity contribution in [1.29, 1.82) is 0 Å². The average molecular weight is 455 g/mol. The smallest absolute Gasteiger partial charge is 0.335 e. The van der Waals surface area contributed by atoms with Crippen LogP contribution in [0, 0.1) is 0 Å². The third-order valence-corrected chi connectivity index (χ3v) is 6.23. The molecule has 0 spiro atoms. The Balaban J connectivity index is 1.55. The predicted molar refractivity (Wildman–Crippen MR) is 132 cm³/mol. The molecule has 1 aromatic heterocycles. The van der Waals surface area contributed by atoms with Crippen molar-refractivity contribution in [2.24, 2.45) is 0 Å². The molecule has 172 valence electrons. The zero-order valence-electron chi connectivity index (χ0n) is 18.8. The van der Waals surface area contributed by atoms with Crippen molar-refractivity contribution in [3.8, 4) is 0 Å². The van der Waals surface area contributed by atoms with E-state index in [4.69, 9.17) is 0 Å². The van der Waals surface area contributed by atoms with Gasteiger partial charge in [0.25, 0.3) is 5.91 Å². The maximum absolute atomic E-state index is 13.1. The maximum atomic E-state index is 13.1. The predicted octanol–water partition coefficient (Wildman–Crippen LogP) is 4.70. The zero-order chi connectivity index (χ0) is 23.5. The van der Waals surface area contributed by atoms with Gasteiger partial charge in [0, 0.05) is 29.7 Å². The lowest BCUT2D eigenvalue weighted by molar-refractivity contribution is -0.110. The highest BCUT2D eigenvalue weighted by Gasteiger charge is 2.30. The van der Waals surface area contributed by atoms with E-state index in [0.717, 1.165) is 25.3 Å². The molecule has 1 saturated heterocycles. The number of carbonyl (C=O) groups is 2. The minimum atomic E-state index is -1.04. The van der Waals surface area contributed by atoms with Gasteiger partial charge in [0.1, 0.15) is 0 Å². The molecule has 0 bridgehead atoms. The van der Waals surface area contributed by atoms with E-state index < -0.39 is 5.97 Å². The standard InChI is InChI=1S/C27H26N4O3/c32-26-24(21-16-19(27(33)34)10-11-22(21)30-26)25(23-9-2-3-12-28-23)29-20-8-6-7-18(15-20)17-31-13-4-1-5-14-31/h2-3,6-12,15-16,29H,1,4-5,13-14,17H2,(H,30,32)(H,33,34). The summed E-state index contributed by atoms with van der Waals surface area (Å²) in [5.74, 6) is -1.34. The van der Waals surface area contributed by atoms with Crippen LogP contribution in [0.2, 0.25) is 0 Å². The van der Waals surface area contributed by atoms with E-state index in [-0.39, 0.29) is 11.5 Å². The van der Waals surface area contributed by atoms with E-state index >= 15 is 0 Å². The van der Waals surface area contributed by atoms with Crippen molar-refractivity contribution in [2.45, 2.75) is 25.8 Å². The molecule has 0 aliphatic carbocycles. The number of anilines is 2. The molecule has 2 aliphatic rings. The largest absolute Gasteiger partial charge is 0.478 e. The normalized spacial score (nSPS) is 17.1. The van der Waals surface area contributed by atoms with Crippen LogP contribution < -0.4 is 10.6 Å². The maximum Gasteiger partial charge on any atom is 0.335 e. The second-order valence-electron chi connectivity index (χ2n) is 8.65. The number of carboxylic acid groups (broad SMARTS) is 1. The summed E-state index contributed by atoms with van der Waals surface area (Å²) in [5.41, 5.74) is 4.80. The fourth-order valence-electron chi connectivity index (χ4n) is 4.58. The Morgan fingerprint density at radius 2 is 1.88 bits per heavy atom. The van der Waals surface area contributed by atoms with Crippen molar-refractivity contribution < 1.29 is 14.7 Å². The van der Waals surface area contributed by atoms with Crippen molar-refractivity contribution in [3.63, 3.8) is 0 Å². The quantitative estimate of drug-likeness (QED) is 0.468. The third-order valence-electron chi connectivity index (χ3n) is 6.23. The summed E-state index contributed by atoms with van der Waals surface area (Å²) in [6, 6.07) is 18.3. The van der Waals surface area contributed by atoms with Crippen LogP contribution in [0.4, 0.5) is 11.4 Å². The summed E-state index contributed by atoms with van der Waals surface area (Å²) in [5, 5.41) is 15.7. The van der Waals surface area contributed by atoms with E-state index in [1.807, 2.05) is 30.3 Å². The Kier molecular flexibility index (Phi) is 6.10. The molecule has 3 N–H and O–H groups in total.